The molecule has 1 heterocycles. The first kappa shape index (κ1) is 14.3. The van der Waals surface area contributed by atoms with Crippen molar-refractivity contribution >= 4 is 27.5 Å². The van der Waals surface area contributed by atoms with Crippen molar-refractivity contribution < 1.29 is 4.79 Å². The Labute approximate surface area is 122 Å². The van der Waals surface area contributed by atoms with Gasteiger partial charge < -0.3 is 16.0 Å². The Bertz CT molecular complexity index is 456. The fraction of sp³-hybridized carbons (Fsp3) is 0.500. The molecular weight excluding hydrogens is 306 g/mol. The molecule has 0 aromatic heterocycles. The third kappa shape index (κ3) is 3.48. The van der Waals surface area contributed by atoms with Gasteiger partial charge >= 0.3 is 0 Å². The van der Waals surface area contributed by atoms with E-state index in [4.69, 9.17) is 5.73 Å². The molecule has 1 aliphatic rings. The highest BCUT2D eigenvalue weighted by Gasteiger charge is 2.24. The van der Waals surface area contributed by atoms with Crippen LogP contribution >= 0.6 is 15.9 Å². The average molecular weight is 326 g/mol. The van der Waals surface area contributed by atoms with Crippen LogP contribution in [0.25, 0.3) is 0 Å². The number of halogens is 1. The number of amides is 1. The quantitative estimate of drug-likeness (QED) is 0.892. The molecule has 1 aromatic rings. The summed E-state index contributed by atoms with van der Waals surface area (Å²) in [5.74, 6) is 0.318. The van der Waals surface area contributed by atoms with Crippen LogP contribution in [0.4, 0.5) is 5.69 Å². The molecule has 0 unspecified atom stereocenters. The molecule has 5 heteroatoms. The monoisotopic (exact) mass is 325 g/mol. The summed E-state index contributed by atoms with van der Waals surface area (Å²) in [6.45, 7) is 2.37. The third-order valence-electron chi connectivity index (χ3n) is 3.66. The van der Waals surface area contributed by atoms with Crippen LogP contribution in [0.3, 0.4) is 0 Å². The third-order valence-corrected chi connectivity index (χ3v) is 4.11. The lowest BCUT2D eigenvalue weighted by molar-refractivity contribution is -0.125. The van der Waals surface area contributed by atoms with E-state index in [1.807, 2.05) is 6.07 Å². The average Bonchev–Trinajstić information content (AvgIpc) is 2.46. The summed E-state index contributed by atoms with van der Waals surface area (Å²) < 4.78 is 1.05. The molecule has 1 aliphatic heterocycles. The zero-order valence-electron chi connectivity index (χ0n) is 11.2. The van der Waals surface area contributed by atoms with Gasteiger partial charge in [-0.25, -0.2) is 0 Å². The van der Waals surface area contributed by atoms with Gasteiger partial charge in [-0.05, 0) is 36.6 Å². The number of carbonyl (C=O) groups excluding carboxylic acids is 1. The van der Waals surface area contributed by atoms with Crippen molar-refractivity contribution in [3.05, 3.63) is 28.2 Å². The summed E-state index contributed by atoms with van der Waals surface area (Å²) in [7, 11) is 1.70. The van der Waals surface area contributed by atoms with E-state index in [2.05, 4.69) is 38.3 Å². The highest BCUT2D eigenvalue weighted by molar-refractivity contribution is 9.10. The van der Waals surface area contributed by atoms with E-state index in [-0.39, 0.29) is 11.8 Å². The first-order chi connectivity index (χ1) is 9.13. The molecule has 0 spiro atoms. The van der Waals surface area contributed by atoms with E-state index in [1.54, 1.807) is 7.05 Å². The summed E-state index contributed by atoms with van der Waals surface area (Å²) in [5.41, 5.74) is 8.01. The van der Waals surface area contributed by atoms with Crippen molar-refractivity contribution in [2.24, 2.45) is 11.7 Å². The summed E-state index contributed by atoms with van der Waals surface area (Å²) in [6, 6.07) is 6.28. The van der Waals surface area contributed by atoms with E-state index >= 15 is 0 Å². The Hall–Kier alpha value is -1.07. The number of anilines is 1. The Kier molecular flexibility index (Phi) is 4.82. The van der Waals surface area contributed by atoms with E-state index in [0.29, 0.717) is 6.54 Å². The van der Waals surface area contributed by atoms with Gasteiger partial charge in [0.15, 0.2) is 0 Å². The number of benzene rings is 1. The number of nitrogens with one attached hydrogen (secondary N) is 1. The second kappa shape index (κ2) is 6.39. The maximum Gasteiger partial charge on any atom is 0.222 e. The maximum atomic E-state index is 11.6. The number of hydrogen-bond donors (Lipinski definition) is 2. The lowest BCUT2D eigenvalue weighted by Gasteiger charge is -2.33. The van der Waals surface area contributed by atoms with E-state index in [1.165, 1.54) is 5.69 Å². The normalized spacial score (nSPS) is 16.5. The molecule has 19 heavy (non-hydrogen) atoms. The number of hydrogen-bond acceptors (Lipinski definition) is 3. The Morgan fingerprint density at radius 2 is 2.11 bits per heavy atom. The van der Waals surface area contributed by atoms with Crippen LogP contribution in [0, 0.1) is 5.92 Å². The number of rotatable bonds is 3. The molecule has 0 radical (unpaired) electrons. The van der Waals surface area contributed by atoms with Crippen molar-refractivity contribution in [1.29, 1.82) is 0 Å². The van der Waals surface area contributed by atoms with Gasteiger partial charge in [-0.3, -0.25) is 4.79 Å². The number of piperidine rings is 1. The van der Waals surface area contributed by atoms with Gasteiger partial charge in [0.25, 0.3) is 0 Å². The largest absolute Gasteiger partial charge is 0.371 e. The molecule has 1 fully saturated rings. The van der Waals surface area contributed by atoms with Gasteiger partial charge in [0.05, 0.1) is 0 Å². The molecule has 1 aromatic carbocycles. The molecule has 0 saturated carbocycles. The zero-order chi connectivity index (χ0) is 13.8. The van der Waals surface area contributed by atoms with Crippen molar-refractivity contribution in [1.82, 2.24) is 5.32 Å². The zero-order valence-corrected chi connectivity index (χ0v) is 12.7. The van der Waals surface area contributed by atoms with Crippen LogP contribution in [-0.2, 0) is 11.3 Å². The number of nitrogens with two attached hydrogens (primary N) is 1. The minimum absolute atomic E-state index is 0.155. The fourth-order valence-electron chi connectivity index (χ4n) is 2.54. The topological polar surface area (TPSA) is 58.4 Å². The minimum Gasteiger partial charge on any atom is -0.371 e. The molecule has 3 N–H and O–H groups in total. The Morgan fingerprint density at radius 1 is 1.42 bits per heavy atom. The van der Waals surface area contributed by atoms with Gasteiger partial charge in [0.1, 0.15) is 0 Å². The second-order valence-corrected chi connectivity index (χ2v) is 5.81. The van der Waals surface area contributed by atoms with Gasteiger partial charge in [-0.15, -0.1) is 0 Å². The van der Waals surface area contributed by atoms with Crippen LogP contribution in [0.5, 0.6) is 0 Å². The van der Waals surface area contributed by atoms with E-state index in [0.717, 1.165) is 36.0 Å². The molecule has 0 aliphatic carbocycles. The first-order valence-corrected chi connectivity index (χ1v) is 7.39. The van der Waals surface area contributed by atoms with Crippen LogP contribution in [0.15, 0.2) is 22.7 Å². The Morgan fingerprint density at radius 3 is 2.68 bits per heavy atom. The molecule has 4 nitrogen and oxygen atoms in total. The molecule has 1 saturated heterocycles. The van der Waals surface area contributed by atoms with Gasteiger partial charge in [-0.2, -0.15) is 0 Å². The highest BCUT2D eigenvalue weighted by Crippen LogP contribution is 2.27. The van der Waals surface area contributed by atoms with Crippen LogP contribution in [0.2, 0.25) is 0 Å². The smallest absolute Gasteiger partial charge is 0.222 e. The number of nitrogens with zero attached hydrogens (tertiary/aromatic N) is 1. The lowest BCUT2D eigenvalue weighted by Crippen LogP contribution is -2.39. The molecule has 0 atom stereocenters. The van der Waals surface area contributed by atoms with Crippen molar-refractivity contribution in [2.45, 2.75) is 19.4 Å². The van der Waals surface area contributed by atoms with Crippen LogP contribution in [-0.4, -0.2) is 26.0 Å². The van der Waals surface area contributed by atoms with Crippen LogP contribution in [0.1, 0.15) is 18.4 Å². The predicted molar refractivity (Wildman–Crippen MR) is 81.0 cm³/mol. The maximum absolute atomic E-state index is 11.6. The molecule has 2 rings (SSSR count). The highest BCUT2D eigenvalue weighted by atomic mass is 79.9. The molecule has 1 amide bonds. The summed E-state index contributed by atoms with van der Waals surface area (Å²) >= 11 is 3.52. The van der Waals surface area contributed by atoms with Gasteiger partial charge in [0, 0.05) is 42.8 Å². The minimum atomic E-state index is 0.155. The van der Waals surface area contributed by atoms with E-state index < -0.39 is 0 Å². The molecule has 0 bridgehead atoms. The lowest BCUT2D eigenvalue weighted by atomic mass is 9.95. The predicted octanol–water partition coefficient (Wildman–Crippen LogP) is 1.87. The van der Waals surface area contributed by atoms with Gasteiger partial charge in [0.2, 0.25) is 5.91 Å². The standard InChI is InChI=1S/C14H20BrN3O/c1-17-14(19)11-2-4-18(5-3-11)13-7-10(9-16)6-12(15)8-13/h6-8,11H,2-5,9,16H2,1H3,(H,17,19). The summed E-state index contributed by atoms with van der Waals surface area (Å²) in [5, 5.41) is 2.74. The molecule has 104 valence electrons. The van der Waals surface area contributed by atoms with E-state index in [9.17, 15) is 4.79 Å². The summed E-state index contributed by atoms with van der Waals surface area (Å²) in [4.78, 5) is 13.9. The second-order valence-electron chi connectivity index (χ2n) is 4.90. The first-order valence-electron chi connectivity index (χ1n) is 6.60. The summed E-state index contributed by atoms with van der Waals surface area (Å²) in [6.07, 6.45) is 1.81. The van der Waals surface area contributed by atoms with Crippen molar-refractivity contribution in [3.8, 4) is 0 Å². The Balaban J connectivity index is 2.05. The SMILES string of the molecule is CNC(=O)C1CCN(c2cc(Br)cc(CN)c2)CC1. The fourth-order valence-corrected chi connectivity index (χ4v) is 3.07. The van der Waals surface area contributed by atoms with Crippen molar-refractivity contribution in [2.75, 3.05) is 25.0 Å². The molecular formula is C14H20BrN3O. The van der Waals surface area contributed by atoms with Crippen molar-refractivity contribution in [3.63, 3.8) is 0 Å². The number of carbonyl (C=O) groups is 1. The van der Waals surface area contributed by atoms with Crippen LogP contribution < -0.4 is 16.0 Å². The van der Waals surface area contributed by atoms with Gasteiger partial charge in [-0.1, -0.05) is 15.9 Å².